The minimum absolute atomic E-state index is 0.0941. The molecule has 1 aromatic heterocycles. The van der Waals surface area contributed by atoms with E-state index in [1.807, 2.05) is 26.2 Å². The van der Waals surface area contributed by atoms with Gasteiger partial charge >= 0.3 is 0 Å². The number of nitrogens with one attached hydrogen (secondary N) is 1. The predicted octanol–water partition coefficient (Wildman–Crippen LogP) is 3.04. The first-order chi connectivity index (χ1) is 8.63. The van der Waals surface area contributed by atoms with Gasteiger partial charge in [-0.3, -0.25) is 4.79 Å². The van der Waals surface area contributed by atoms with Crippen LogP contribution in [0.4, 0.5) is 0 Å². The summed E-state index contributed by atoms with van der Waals surface area (Å²) >= 11 is 1.52. The summed E-state index contributed by atoms with van der Waals surface area (Å²) < 4.78 is 0. The summed E-state index contributed by atoms with van der Waals surface area (Å²) in [5.41, 5.74) is -0.912. The molecule has 0 fully saturated rings. The van der Waals surface area contributed by atoms with Crippen molar-refractivity contribution in [1.82, 2.24) is 10.3 Å². The molecule has 0 aliphatic rings. The number of amides is 1. The lowest BCUT2D eigenvalue weighted by molar-refractivity contribution is -0.129. The van der Waals surface area contributed by atoms with Crippen LogP contribution in [0.2, 0.25) is 0 Å². The largest absolute Gasteiger partial charge is 0.345 e. The van der Waals surface area contributed by atoms with E-state index in [-0.39, 0.29) is 11.9 Å². The molecule has 0 spiro atoms. The summed E-state index contributed by atoms with van der Waals surface area (Å²) in [6.45, 7) is 5.74. The van der Waals surface area contributed by atoms with Gasteiger partial charge in [0.1, 0.15) is 10.4 Å². The molecule has 0 radical (unpaired) electrons. The molecule has 1 unspecified atom stereocenters. The first-order valence-electron chi connectivity index (χ1n) is 6.25. The highest BCUT2D eigenvalue weighted by atomic mass is 32.1. The van der Waals surface area contributed by atoms with E-state index >= 15 is 0 Å². The van der Waals surface area contributed by atoms with Crippen LogP contribution >= 0.6 is 11.3 Å². The van der Waals surface area contributed by atoms with Gasteiger partial charge in [-0.15, -0.1) is 11.3 Å². The molecule has 1 atom stereocenters. The number of hydrogen-bond acceptors (Lipinski definition) is 4. The molecule has 18 heavy (non-hydrogen) atoms. The summed E-state index contributed by atoms with van der Waals surface area (Å²) in [4.78, 5) is 16.5. The standard InChI is InChI=1S/C13H19N3OS/c1-4-10(11-15-7-8-18-11)16-12(17)13(5-2,6-3)9-14/h7-8,10H,4-6H2,1-3H3,(H,16,17). The Bertz CT molecular complexity index is 418. The highest BCUT2D eigenvalue weighted by Crippen LogP contribution is 2.28. The van der Waals surface area contributed by atoms with Gasteiger partial charge in [0, 0.05) is 11.6 Å². The zero-order valence-corrected chi connectivity index (χ0v) is 11.9. The van der Waals surface area contributed by atoms with Crippen molar-refractivity contribution in [3.8, 4) is 6.07 Å². The van der Waals surface area contributed by atoms with Crippen LogP contribution in [0.25, 0.3) is 0 Å². The average molecular weight is 265 g/mol. The van der Waals surface area contributed by atoms with E-state index in [1.54, 1.807) is 6.20 Å². The van der Waals surface area contributed by atoms with Gasteiger partial charge in [0.15, 0.2) is 0 Å². The average Bonchev–Trinajstić information content (AvgIpc) is 2.92. The lowest BCUT2D eigenvalue weighted by Gasteiger charge is -2.25. The van der Waals surface area contributed by atoms with Crippen LogP contribution in [0, 0.1) is 16.7 Å². The van der Waals surface area contributed by atoms with Crippen LogP contribution in [0.15, 0.2) is 11.6 Å². The van der Waals surface area contributed by atoms with Crippen LogP contribution in [-0.2, 0) is 4.79 Å². The molecule has 0 aromatic carbocycles. The summed E-state index contributed by atoms with van der Waals surface area (Å²) in [7, 11) is 0. The monoisotopic (exact) mass is 265 g/mol. The summed E-state index contributed by atoms with van der Waals surface area (Å²) in [6, 6.07) is 2.07. The lowest BCUT2D eigenvalue weighted by atomic mass is 9.83. The quantitative estimate of drug-likeness (QED) is 0.859. The van der Waals surface area contributed by atoms with Crippen molar-refractivity contribution in [1.29, 1.82) is 5.26 Å². The Balaban J connectivity index is 2.83. The fraction of sp³-hybridized carbons (Fsp3) is 0.615. The van der Waals surface area contributed by atoms with Gasteiger partial charge < -0.3 is 5.32 Å². The van der Waals surface area contributed by atoms with Crippen molar-refractivity contribution in [2.45, 2.75) is 46.1 Å². The number of nitriles is 1. The number of thiazole rings is 1. The van der Waals surface area contributed by atoms with Gasteiger partial charge in [0.25, 0.3) is 0 Å². The van der Waals surface area contributed by atoms with Crippen LogP contribution in [0.1, 0.15) is 51.1 Å². The van der Waals surface area contributed by atoms with Crippen molar-refractivity contribution >= 4 is 17.2 Å². The lowest BCUT2D eigenvalue weighted by Crippen LogP contribution is -2.41. The highest BCUT2D eigenvalue weighted by molar-refractivity contribution is 7.09. The number of hydrogen-bond donors (Lipinski definition) is 1. The molecule has 1 N–H and O–H groups in total. The molecule has 4 nitrogen and oxygen atoms in total. The van der Waals surface area contributed by atoms with Gasteiger partial charge in [0.2, 0.25) is 5.91 Å². The molecule has 0 saturated heterocycles. The van der Waals surface area contributed by atoms with Crippen LogP contribution in [0.5, 0.6) is 0 Å². The van der Waals surface area contributed by atoms with E-state index in [0.717, 1.165) is 11.4 Å². The Morgan fingerprint density at radius 2 is 2.22 bits per heavy atom. The Hall–Kier alpha value is -1.41. The van der Waals surface area contributed by atoms with E-state index in [9.17, 15) is 10.1 Å². The maximum Gasteiger partial charge on any atom is 0.241 e. The third-order valence-corrected chi connectivity index (χ3v) is 4.21. The predicted molar refractivity (Wildman–Crippen MR) is 71.9 cm³/mol. The molecule has 0 saturated carbocycles. The van der Waals surface area contributed by atoms with Gasteiger partial charge in [-0.2, -0.15) is 5.26 Å². The van der Waals surface area contributed by atoms with Gasteiger partial charge in [0.05, 0.1) is 12.1 Å². The molecule has 0 bridgehead atoms. The smallest absolute Gasteiger partial charge is 0.241 e. The molecule has 1 heterocycles. The Kier molecular flexibility index (Phi) is 5.29. The van der Waals surface area contributed by atoms with E-state index in [4.69, 9.17) is 0 Å². The molecule has 5 heteroatoms. The molecule has 0 aliphatic heterocycles. The van der Waals surface area contributed by atoms with Crippen molar-refractivity contribution in [3.63, 3.8) is 0 Å². The fourth-order valence-electron chi connectivity index (χ4n) is 1.82. The minimum atomic E-state index is -0.912. The second kappa shape index (κ2) is 6.50. The van der Waals surface area contributed by atoms with Crippen LogP contribution in [-0.4, -0.2) is 10.9 Å². The van der Waals surface area contributed by atoms with Crippen molar-refractivity contribution in [3.05, 3.63) is 16.6 Å². The van der Waals surface area contributed by atoms with Gasteiger partial charge in [-0.25, -0.2) is 4.98 Å². The fourth-order valence-corrected chi connectivity index (χ4v) is 2.59. The molecule has 98 valence electrons. The first kappa shape index (κ1) is 14.7. The molecule has 1 rings (SSSR count). The molecule has 1 aromatic rings. The summed E-state index contributed by atoms with van der Waals surface area (Å²) in [5.74, 6) is -0.183. The molecular formula is C13H19N3OS. The molecule has 1 amide bonds. The van der Waals surface area contributed by atoms with Crippen molar-refractivity contribution in [2.24, 2.45) is 5.41 Å². The summed E-state index contributed by atoms with van der Waals surface area (Å²) in [6.07, 6.45) is 3.56. The van der Waals surface area contributed by atoms with E-state index in [2.05, 4.69) is 16.4 Å². The zero-order valence-electron chi connectivity index (χ0n) is 11.1. The maximum atomic E-state index is 12.3. The SMILES string of the molecule is CCC(NC(=O)C(C#N)(CC)CC)c1nccs1. The zero-order chi connectivity index (χ0) is 13.6. The van der Waals surface area contributed by atoms with Gasteiger partial charge in [-0.1, -0.05) is 20.8 Å². The number of nitrogens with zero attached hydrogens (tertiary/aromatic N) is 2. The summed E-state index contributed by atoms with van der Waals surface area (Å²) in [5, 5.41) is 15.0. The minimum Gasteiger partial charge on any atom is -0.345 e. The van der Waals surface area contributed by atoms with E-state index in [0.29, 0.717) is 12.8 Å². The highest BCUT2D eigenvalue weighted by Gasteiger charge is 2.36. The number of carbonyl (C=O) groups is 1. The third kappa shape index (κ3) is 2.88. The Morgan fingerprint density at radius 1 is 1.56 bits per heavy atom. The van der Waals surface area contributed by atoms with E-state index in [1.165, 1.54) is 11.3 Å². The van der Waals surface area contributed by atoms with Crippen molar-refractivity contribution in [2.75, 3.05) is 0 Å². The maximum absolute atomic E-state index is 12.3. The number of aromatic nitrogens is 1. The van der Waals surface area contributed by atoms with E-state index < -0.39 is 5.41 Å². The van der Waals surface area contributed by atoms with Gasteiger partial charge in [-0.05, 0) is 19.3 Å². The Morgan fingerprint density at radius 3 is 2.61 bits per heavy atom. The number of rotatable bonds is 6. The normalized spacial score (nSPS) is 12.8. The topological polar surface area (TPSA) is 65.8 Å². The second-order valence-electron chi connectivity index (χ2n) is 4.21. The molecular weight excluding hydrogens is 246 g/mol. The Labute approximate surface area is 112 Å². The second-order valence-corrected chi connectivity index (χ2v) is 5.13. The third-order valence-electron chi connectivity index (χ3n) is 3.32. The molecule has 0 aliphatic carbocycles. The number of carbonyl (C=O) groups excluding carboxylic acids is 1. The van der Waals surface area contributed by atoms with Crippen LogP contribution < -0.4 is 5.32 Å². The van der Waals surface area contributed by atoms with Crippen molar-refractivity contribution < 1.29 is 4.79 Å². The first-order valence-corrected chi connectivity index (χ1v) is 7.13. The van der Waals surface area contributed by atoms with Crippen LogP contribution in [0.3, 0.4) is 0 Å².